The first-order chi connectivity index (χ1) is 6.42. The summed E-state index contributed by atoms with van der Waals surface area (Å²) in [5.74, 6) is 0.579. The number of hydrogen-bond donors (Lipinski definition) is 1. The Morgan fingerprint density at radius 1 is 1.43 bits per heavy atom. The van der Waals surface area contributed by atoms with Crippen LogP contribution in [0.15, 0.2) is 22.6 Å². The molecular formula is C9H14N2O2S. The number of ether oxygens (including phenoxy) is 1. The molecule has 2 N–H and O–H groups in total. The highest BCUT2D eigenvalue weighted by Crippen LogP contribution is 2.30. The quantitative estimate of drug-likeness (QED) is 0.761. The van der Waals surface area contributed by atoms with Gasteiger partial charge in [-0.3, -0.25) is 0 Å². The van der Waals surface area contributed by atoms with Crippen LogP contribution in [-0.4, -0.2) is 23.8 Å². The molecule has 0 aliphatic rings. The summed E-state index contributed by atoms with van der Waals surface area (Å²) < 4.78 is 20.6. The highest BCUT2D eigenvalue weighted by atomic mass is 32.2. The van der Waals surface area contributed by atoms with Crippen molar-refractivity contribution in [2.24, 2.45) is 4.36 Å². The second-order valence-electron chi connectivity index (χ2n) is 3.20. The van der Waals surface area contributed by atoms with E-state index in [1.807, 2.05) is 0 Å². The van der Waals surface area contributed by atoms with Gasteiger partial charge in [0.2, 0.25) is 0 Å². The minimum Gasteiger partial charge on any atom is -0.494 e. The van der Waals surface area contributed by atoms with E-state index >= 15 is 0 Å². The van der Waals surface area contributed by atoms with Crippen LogP contribution in [0.3, 0.4) is 0 Å². The monoisotopic (exact) mass is 214 g/mol. The van der Waals surface area contributed by atoms with Crippen LogP contribution in [0.1, 0.15) is 0 Å². The molecule has 0 fully saturated rings. The molecule has 0 aromatic heterocycles. The molecule has 5 heteroatoms. The second kappa shape index (κ2) is 3.88. The summed E-state index contributed by atoms with van der Waals surface area (Å²) in [6, 6.07) is 5.07. The predicted molar refractivity (Wildman–Crippen MR) is 59.5 cm³/mol. The molecule has 0 spiro atoms. The number of anilines is 1. The second-order valence-corrected chi connectivity index (χ2v) is 5.75. The third-order valence-corrected chi connectivity index (χ3v) is 2.16. The van der Waals surface area contributed by atoms with Crippen molar-refractivity contribution in [3.8, 4) is 5.75 Å². The third-order valence-electron chi connectivity index (χ3n) is 1.52. The van der Waals surface area contributed by atoms with Gasteiger partial charge in [0.15, 0.2) is 0 Å². The molecule has 78 valence electrons. The average molecular weight is 214 g/mol. The fraction of sp³-hybridized carbons (Fsp3) is 0.333. The summed E-state index contributed by atoms with van der Waals surface area (Å²) in [6.07, 6.45) is 3.13. The van der Waals surface area contributed by atoms with Crippen LogP contribution < -0.4 is 10.5 Å². The summed E-state index contributed by atoms with van der Waals surface area (Å²) in [7, 11) is -0.648. The SMILES string of the molecule is COc1ccc(N)cc1N=S(C)(C)=O. The van der Waals surface area contributed by atoms with Crippen molar-refractivity contribution in [3.63, 3.8) is 0 Å². The van der Waals surface area contributed by atoms with Gasteiger partial charge in [-0.15, -0.1) is 0 Å². The van der Waals surface area contributed by atoms with Crippen molar-refractivity contribution >= 4 is 21.1 Å². The molecule has 14 heavy (non-hydrogen) atoms. The fourth-order valence-electron chi connectivity index (χ4n) is 1.02. The minimum atomic E-state index is -2.19. The molecule has 0 unspecified atom stereocenters. The zero-order valence-corrected chi connectivity index (χ0v) is 9.30. The van der Waals surface area contributed by atoms with Crippen molar-refractivity contribution in [1.29, 1.82) is 0 Å². The molecule has 0 saturated carbocycles. The molecule has 0 heterocycles. The summed E-state index contributed by atoms with van der Waals surface area (Å²) in [5, 5.41) is 0. The maximum absolute atomic E-state index is 11.5. The minimum absolute atomic E-state index is 0.530. The Morgan fingerprint density at radius 2 is 2.07 bits per heavy atom. The van der Waals surface area contributed by atoms with Gasteiger partial charge in [0.05, 0.1) is 7.11 Å². The zero-order chi connectivity index (χ0) is 10.8. The maximum Gasteiger partial charge on any atom is 0.145 e. The molecule has 0 saturated heterocycles. The van der Waals surface area contributed by atoms with E-state index in [0.29, 0.717) is 17.1 Å². The fourth-order valence-corrected chi connectivity index (χ4v) is 1.63. The van der Waals surface area contributed by atoms with E-state index in [4.69, 9.17) is 10.5 Å². The summed E-state index contributed by atoms with van der Waals surface area (Å²) >= 11 is 0. The number of methoxy groups -OCH3 is 1. The van der Waals surface area contributed by atoms with Crippen molar-refractivity contribution in [3.05, 3.63) is 18.2 Å². The van der Waals surface area contributed by atoms with E-state index < -0.39 is 9.73 Å². The highest BCUT2D eigenvalue weighted by molar-refractivity contribution is 7.92. The van der Waals surface area contributed by atoms with Gasteiger partial charge < -0.3 is 10.5 Å². The average Bonchev–Trinajstić information content (AvgIpc) is 2.01. The Kier molecular flexibility index (Phi) is 3.00. The first kappa shape index (κ1) is 10.8. The van der Waals surface area contributed by atoms with Crippen molar-refractivity contribution in [1.82, 2.24) is 0 Å². The normalized spacial score (nSPS) is 11.1. The van der Waals surface area contributed by atoms with Crippen molar-refractivity contribution in [2.75, 3.05) is 25.4 Å². The Bertz CT molecular complexity index is 440. The summed E-state index contributed by atoms with van der Waals surface area (Å²) in [6.45, 7) is 0. The smallest absolute Gasteiger partial charge is 0.145 e. The topological polar surface area (TPSA) is 64.7 Å². The number of nitrogens with two attached hydrogens (primary N) is 1. The standard InChI is InChI=1S/C9H14N2O2S/c1-13-9-5-4-7(10)6-8(9)11-14(2,3)12/h4-6H,10H2,1-3H3. The maximum atomic E-state index is 11.5. The van der Waals surface area contributed by atoms with E-state index in [9.17, 15) is 4.21 Å². The van der Waals surface area contributed by atoms with E-state index in [1.165, 1.54) is 7.11 Å². The Hall–Kier alpha value is -1.23. The number of nitrogen functional groups attached to an aromatic ring is 1. The molecule has 1 aromatic rings. The Labute approximate surface area is 84.3 Å². The van der Waals surface area contributed by atoms with Crippen molar-refractivity contribution in [2.45, 2.75) is 0 Å². The van der Waals surface area contributed by atoms with E-state index in [-0.39, 0.29) is 0 Å². The van der Waals surface area contributed by atoms with Gasteiger partial charge in [0.25, 0.3) is 0 Å². The van der Waals surface area contributed by atoms with Crippen LogP contribution in [0.5, 0.6) is 5.75 Å². The number of hydrogen-bond acceptors (Lipinski definition) is 4. The van der Waals surface area contributed by atoms with Gasteiger partial charge >= 0.3 is 0 Å². The molecular weight excluding hydrogens is 200 g/mol. The lowest BCUT2D eigenvalue weighted by molar-refractivity contribution is 0.416. The van der Waals surface area contributed by atoms with Gasteiger partial charge in [-0.1, -0.05) is 0 Å². The number of rotatable bonds is 2. The molecule has 0 amide bonds. The zero-order valence-electron chi connectivity index (χ0n) is 8.48. The van der Waals surface area contributed by atoms with Gasteiger partial charge in [-0.2, -0.15) is 4.36 Å². The van der Waals surface area contributed by atoms with Crippen LogP contribution in [-0.2, 0) is 9.73 Å². The lowest BCUT2D eigenvalue weighted by atomic mass is 10.2. The van der Waals surface area contributed by atoms with Crippen LogP contribution in [0.2, 0.25) is 0 Å². The first-order valence-corrected chi connectivity index (χ1v) is 6.36. The molecule has 0 aliphatic carbocycles. The highest BCUT2D eigenvalue weighted by Gasteiger charge is 2.03. The van der Waals surface area contributed by atoms with Crippen LogP contribution in [0.25, 0.3) is 0 Å². The molecule has 1 rings (SSSR count). The Morgan fingerprint density at radius 3 is 2.57 bits per heavy atom. The molecule has 0 bridgehead atoms. The third kappa shape index (κ3) is 2.92. The van der Waals surface area contributed by atoms with Crippen LogP contribution >= 0.6 is 0 Å². The molecule has 0 aliphatic heterocycles. The molecule has 0 atom stereocenters. The van der Waals surface area contributed by atoms with Gasteiger partial charge in [0.1, 0.15) is 11.4 Å². The van der Waals surface area contributed by atoms with E-state index in [1.54, 1.807) is 30.7 Å². The number of nitrogens with zero attached hydrogens (tertiary/aromatic N) is 1. The van der Waals surface area contributed by atoms with Crippen LogP contribution in [0.4, 0.5) is 11.4 Å². The van der Waals surface area contributed by atoms with Gasteiger partial charge in [-0.25, -0.2) is 4.21 Å². The molecule has 1 aromatic carbocycles. The van der Waals surface area contributed by atoms with Crippen molar-refractivity contribution < 1.29 is 8.95 Å². The Balaban J connectivity index is 3.32. The van der Waals surface area contributed by atoms with Gasteiger partial charge in [0, 0.05) is 27.9 Å². The van der Waals surface area contributed by atoms with Crippen LogP contribution in [0, 0.1) is 0 Å². The lowest BCUT2D eigenvalue weighted by Gasteiger charge is -2.05. The summed E-state index contributed by atoms with van der Waals surface area (Å²) in [4.78, 5) is 0. The number of benzene rings is 1. The largest absolute Gasteiger partial charge is 0.494 e. The first-order valence-electron chi connectivity index (χ1n) is 4.03. The molecule has 4 nitrogen and oxygen atoms in total. The predicted octanol–water partition coefficient (Wildman–Crippen LogP) is 1.64. The van der Waals surface area contributed by atoms with Gasteiger partial charge in [-0.05, 0) is 18.2 Å². The van der Waals surface area contributed by atoms with E-state index in [2.05, 4.69) is 4.36 Å². The lowest BCUT2D eigenvalue weighted by Crippen LogP contribution is -1.92. The van der Waals surface area contributed by atoms with E-state index in [0.717, 1.165) is 0 Å². The molecule has 0 radical (unpaired) electrons. The summed E-state index contributed by atoms with van der Waals surface area (Å²) in [5.41, 5.74) is 6.70.